The van der Waals surface area contributed by atoms with E-state index in [2.05, 4.69) is 36.5 Å². The van der Waals surface area contributed by atoms with E-state index in [-0.39, 0.29) is 5.91 Å². The van der Waals surface area contributed by atoms with Gasteiger partial charge >= 0.3 is 0 Å². The second-order valence-corrected chi connectivity index (χ2v) is 9.06. The van der Waals surface area contributed by atoms with Gasteiger partial charge in [0.25, 0.3) is 0 Å². The van der Waals surface area contributed by atoms with Gasteiger partial charge in [-0.05, 0) is 48.4 Å². The number of carbonyl (C=O) groups excluding carboxylic acids is 1. The van der Waals surface area contributed by atoms with E-state index >= 15 is 0 Å². The molecule has 0 aliphatic carbocycles. The van der Waals surface area contributed by atoms with Crippen LogP contribution in [-0.4, -0.2) is 44.9 Å². The third kappa shape index (κ3) is 4.01. The molecule has 0 N–H and O–H groups in total. The Kier molecular flexibility index (Phi) is 5.45. The summed E-state index contributed by atoms with van der Waals surface area (Å²) in [6, 6.07) is 13.6. The number of carbonyl (C=O) groups is 1. The van der Waals surface area contributed by atoms with Gasteiger partial charge in [0, 0.05) is 43.4 Å². The molecule has 3 aromatic rings. The number of nitrogens with zero attached hydrogens (tertiary/aromatic N) is 5. The number of ether oxygens (including phenoxy) is 1. The number of benzene rings is 2. The molecule has 162 valence electrons. The molecule has 2 aromatic carbocycles. The first kappa shape index (κ1) is 20.7. The van der Waals surface area contributed by atoms with E-state index in [4.69, 9.17) is 4.74 Å². The van der Waals surface area contributed by atoms with Crippen LogP contribution in [0.5, 0.6) is 11.5 Å². The molecule has 6 bridgehead atoms. The Hall–Kier alpha value is -3.15. The Bertz CT molecular complexity index is 1250. The highest BCUT2D eigenvalue weighted by molar-refractivity contribution is 9.10. The maximum absolute atomic E-state index is 12.9. The highest BCUT2D eigenvalue weighted by Crippen LogP contribution is 2.31. The maximum Gasteiger partial charge on any atom is 0.237 e. The maximum atomic E-state index is 12.9. The molecule has 6 rings (SSSR count). The van der Waals surface area contributed by atoms with Gasteiger partial charge in [-0.3, -0.25) is 9.69 Å². The van der Waals surface area contributed by atoms with Crippen molar-refractivity contribution in [3.05, 3.63) is 75.3 Å². The van der Waals surface area contributed by atoms with Crippen LogP contribution in [0.4, 0.5) is 0 Å². The Balaban J connectivity index is 1.61. The van der Waals surface area contributed by atoms with Crippen LogP contribution in [0.15, 0.2) is 47.1 Å². The topological polar surface area (TPSA) is 74.4 Å². The van der Waals surface area contributed by atoms with Gasteiger partial charge in [-0.25, -0.2) is 4.98 Å². The fraction of sp³-hybridized carbons (Fsp3) is 0.292. The highest BCUT2D eigenvalue weighted by atomic mass is 79.9. The summed E-state index contributed by atoms with van der Waals surface area (Å²) in [4.78, 5) is 21.5. The molecule has 0 spiro atoms. The minimum absolute atomic E-state index is 0.112. The van der Waals surface area contributed by atoms with Crippen LogP contribution >= 0.6 is 15.9 Å². The van der Waals surface area contributed by atoms with Gasteiger partial charge < -0.3 is 14.2 Å². The van der Waals surface area contributed by atoms with Crippen LogP contribution < -0.4 is 4.74 Å². The van der Waals surface area contributed by atoms with Gasteiger partial charge in [0.15, 0.2) is 0 Å². The van der Waals surface area contributed by atoms with Crippen LogP contribution in [0.1, 0.15) is 28.2 Å². The van der Waals surface area contributed by atoms with Crippen LogP contribution in [0.3, 0.4) is 0 Å². The Labute approximate surface area is 195 Å². The first-order chi connectivity index (χ1) is 15.5. The predicted octanol–water partition coefficient (Wildman–Crippen LogP) is 3.82. The van der Waals surface area contributed by atoms with Gasteiger partial charge in [-0.1, -0.05) is 22.0 Å². The summed E-state index contributed by atoms with van der Waals surface area (Å²) in [6.07, 6.45) is 1.89. The fourth-order valence-corrected chi connectivity index (χ4v) is 4.61. The standard InChI is InChI=1S/C24H22BrN5O2/c1-16-27-11-20-14-28-6-7-29(24(31)15-28)13-19-9-21(4-5-22(19)25)32-23-8-17(12-30(16)20)2-3-18(23)10-26/h2-5,8-9,11H,6-7,12-15H2,1H3. The number of halogens is 1. The van der Waals surface area contributed by atoms with E-state index in [9.17, 15) is 10.1 Å². The van der Waals surface area contributed by atoms with Crippen molar-refractivity contribution in [3.8, 4) is 17.6 Å². The second kappa shape index (κ2) is 8.41. The van der Waals surface area contributed by atoms with Gasteiger partial charge in [0.05, 0.1) is 17.8 Å². The molecule has 7 nitrogen and oxygen atoms in total. The Morgan fingerprint density at radius 3 is 2.78 bits per heavy atom. The summed E-state index contributed by atoms with van der Waals surface area (Å²) < 4.78 is 9.25. The molecule has 3 aliphatic rings. The van der Waals surface area contributed by atoms with Crippen molar-refractivity contribution in [1.29, 1.82) is 5.26 Å². The molecule has 1 aromatic heterocycles. The van der Waals surface area contributed by atoms with Crippen molar-refractivity contribution >= 4 is 21.8 Å². The molecule has 1 atom stereocenters. The molecule has 1 unspecified atom stereocenters. The van der Waals surface area contributed by atoms with Gasteiger partial charge in [-0.2, -0.15) is 5.26 Å². The number of piperazine rings is 1. The summed E-state index contributed by atoms with van der Waals surface area (Å²) >= 11 is 3.60. The largest absolute Gasteiger partial charge is 0.456 e. The lowest BCUT2D eigenvalue weighted by Gasteiger charge is -2.34. The smallest absolute Gasteiger partial charge is 0.237 e. The first-order valence-electron chi connectivity index (χ1n) is 10.5. The van der Waals surface area contributed by atoms with Crippen LogP contribution in [0, 0.1) is 18.3 Å². The van der Waals surface area contributed by atoms with E-state index in [0.29, 0.717) is 49.8 Å². The zero-order valence-electron chi connectivity index (χ0n) is 17.7. The van der Waals surface area contributed by atoms with Crippen molar-refractivity contribution in [2.24, 2.45) is 0 Å². The van der Waals surface area contributed by atoms with Crippen molar-refractivity contribution < 1.29 is 9.53 Å². The molecule has 3 aliphatic heterocycles. The zero-order chi connectivity index (χ0) is 22.2. The van der Waals surface area contributed by atoms with Crippen molar-refractivity contribution in [2.45, 2.75) is 26.6 Å². The second-order valence-electron chi connectivity index (χ2n) is 8.21. The van der Waals surface area contributed by atoms with Crippen LogP contribution in [0.2, 0.25) is 0 Å². The average molecular weight is 492 g/mol. The molecule has 4 heterocycles. The number of nitriles is 1. The fourth-order valence-electron chi connectivity index (χ4n) is 4.24. The summed E-state index contributed by atoms with van der Waals surface area (Å²) in [6.45, 7) is 5.63. The lowest BCUT2D eigenvalue weighted by atomic mass is 10.1. The molecule has 32 heavy (non-hydrogen) atoms. The van der Waals surface area contributed by atoms with Gasteiger partial charge in [0.2, 0.25) is 5.91 Å². The van der Waals surface area contributed by atoms with E-state index in [1.165, 1.54) is 0 Å². The van der Waals surface area contributed by atoms with E-state index in [0.717, 1.165) is 33.7 Å². The zero-order valence-corrected chi connectivity index (χ0v) is 19.3. The van der Waals surface area contributed by atoms with E-state index in [1.54, 1.807) is 6.07 Å². The molecule has 8 heteroatoms. The summed E-state index contributed by atoms with van der Waals surface area (Å²) in [5, 5.41) is 9.59. The number of fused-ring (bicyclic) bond motifs is 2. The number of imidazole rings is 1. The summed E-state index contributed by atoms with van der Waals surface area (Å²) in [7, 11) is 0. The lowest BCUT2D eigenvalue weighted by molar-refractivity contribution is -0.136. The summed E-state index contributed by atoms with van der Waals surface area (Å²) in [5.41, 5.74) is 3.54. The predicted molar refractivity (Wildman–Crippen MR) is 122 cm³/mol. The molecular formula is C24H22BrN5O2. The number of aryl methyl sites for hydroxylation is 1. The third-order valence-corrected chi connectivity index (χ3v) is 6.81. The summed E-state index contributed by atoms with van der Waals surface area (Å²) in [5.74, 6) is 2.18. The molecule has 0 saturated carbocycles. The van der Waals surface area contributed by atoms with Crippen molar-refractivity contribution in [3.63, 3.8) is 0 Å². The monoisotopic (exact) mass is 491 g/mol. The van der Waals surface area contributed by atoms with Crippen molar-refractivity contribution in [2.75, 3.05) is 19.6 Å². The lowest BCUT2D eigenvalue weighted by Crippen LogP contribution is -2.49. The van der Waals surface area contributed by atoms with E-state index in [1.807, 2.05) is 48.4 Å². The number of aromatic nitrogens is 2. The van der Waals surface area contributed by atoms with Crippen molar-refractivity contribution in [1.82, 2.24) is 19.4 Å². The SMILES string of the molecule is Cc1ncc2n1Cc1ccc(C#N)c(c1)Oc1ccc(Br)c(c1)CN1CCN(CC1=O)C2. The highest BCUT2D eigenvalue weighted by Gasteiger charge is 2.26. The van der Waals surface area contributed by atoms with E-state index < -0.39 is 0 Å². The first-order valence-corrected chi connectivity index (χ1v) is 11.3. The van der Waals surface area contributed by atoms with Crippen LogP contribution in [0.25, 0.3) is 0 Å². The third-order valence-electron chi connectivity index (χ3n) is 6.03. The molecular weight excluding hydrogens is 470 g/mol. The molecule has 1 saturated heterocycles. The van der Waals surface area contributed by atoms with Crippen LogP contribution in [-0.2, 0) is 24.4 Å². The quantitative estimate of drug-likeness (QED) is 0.477. The number of rotatable bonds is 0. The number of hydrogen-bond acceptors (Lipinski definition) is 5. The van der Waals surface area contributed by atoms with Gasteiger partial charge in [-0.15, -0.1) is 0 Å². The Morgan fingerprint density at radius 2 is 1.97 bits per heavy atom. The molecule has 0 radical (unpaired) electrons. The Morgan fingerprint density at radius 1 is 1.09 bits per heavy atom. The normalized spacial score (nSPS) is 18.1. The molecule has 1 fully saturated rings. The minimum Gasteiger partial charge on any atom is -0.456 e. The minimum atomic E-state index is 0.112. The average Bonchev–Trinajstić information content (AvgIpc) is 3.11. The molecule has 1 amide bonds. The number of hydrogen-bond donors (Lipinski definition) is 0. The van der Waals surface area contributed by atoms with Gasteiger partial charge in [0.1, 0.15) is 23.4 Å². The number of amides is 1.